The number of pyridine rings is 2. The molecule has 0 saturated carbocycles. The van der Waals surface area contributed by atoms with Crippen LogP contribution in [0.2, 0.25) is 0 Å². The van der Waals surface area contributed by atoms with Crippen molar-refractivity contribution >= 4 is 17.4 Å². The maximum absolute atomic E-state index is 12.2. The Morgan fingerprint density at radius 2 is 1.96 bits per heavy atom. The Morgan fingerprint density at radius 3 is 2.77 bits per heavy atom. The fraction of sp³-hybridized carbons (Fsp3) is 0.167. The van der Waals surface area contributed by atoms with Gasteiger partial charge in [0.25, 0.3) is 5.56 Å². The van der Waals surface area contributed by atoms with E-state index in [4.69, 9.17) is 0 Å². The van der Waals surface area contributed by atoms with Crippen LogP contribution in [-0.4, -0.2) is 29.1 Å². The predicted molar refractivity (Wildman–Crippen MR) is 100.0 cm³/mol. The van der Waals surface area contributed by atoms with Gasteiger partial charge in [0.15, 0.2) is 11.0 Å². The molecule has 4 heterocycles. The summed E-state index contributed by atoms with van der Waals surface area (Å²) < 4.78 is 3.58. The van der Waals surface area contributed by atoms with Crippen LogP contribution in [0.4, 0.5) is 0 Å². The molecule has 4 rings (SSSR count). The molecule has 130 valence electrons. The van der Waals surface area contributed by atoms with Gasteiger partial charge >= 0.3 is 0 Å². The van der Waals surface area contributed by atoms with Crippen LogP contribution in [0.5, 0.6) is 0 Å². The second-order valence-electron chi connectivity index (χ2n) is 5.59. The van der Waals surface area contributed by atoms with E-state index in [1.807, 2.05) is 34.9 Å². The standard InChI is InChI=1S/C18H16N6OS/c1-2-23-17(13-6-8-19-9-7-13)21-22-18(23)26-12-14-11-16(25)24-10-4-3-5-15(24)20-14/h3-11H,2,12H2,1H3. The minimum atomic E-state index is -0.0827. The van der Waals surface area contributed by atoms with Crippen LogP contribution >= 0.6 is 11.8 Å². The number of thioether (sulfide) groups is 1. The van der Waals surface area contributed by atoms with E-state index in [1.165, 1.54) is 16.2 Å². The van der Waals surface area contributed by atoms with Crippen LogP contribution in [0.3, 0.4) is 0 Å². The van der Waals surface area contributed by atoms with Crippen molar-refractivity contribution in [2.24, 2.45) is 0 Å². The van der Waals surface area contributed by atoms with Crippen LogP contribution < -0.4 is 5.56 Å². The summed E-state index contributed by atoms with van der Waals surface area (Å²) >= 11 is 1.52. The normalized spacial score (nSPS) is 11.1. The maximum atomic E-state index is 12.2. The number of hydrogen-bond donors (Lipinski definition) is 0. The first-order chi connectivity index (χ1) is 12.8. The van der Waals surface area contributed by atoms with Gasteiger partial charge in [-0.3, -0.25) is 14.2 Å². The lowest BCUT2D eigenvalue weighted by atomic mass is 10.2. The minimum Gasteiger partial charge on any atom is -0.302 e. The zero-order valence-corrected chi connectivity index (χ0v) is 14.9. The van der Waals surface area contributed by atoms with Gasteiger partial charge in [-0.15, -0.1) is 10.2 Å². The SMILES string of the molecule is CCn1c(SCc2cc(=O)n3ccccc3n2)nnc1-c1ccncc1. The van der Waals surface area contributed by atoms with E-state index in [9.17, 15) is 4.79 Å². The van der Waals surface area contributed by atoms with E-state index in [1.54, 1.807) is 24.7 Å². The van der Waals surface area contributed by atoms with Crippen molar-refractivity contribution in [3.8, 4) is 11.4 Å². The molecule has 0 spiro atoms. The smallest absolute Gasteiger partial charge is 0.258 e. The van der Waals surface area contributed by atoms with Crippen LogP contribution in [0, 0.1) is 0 Å². The van der Waals surface area contributed by atoms with E-state index in [2.05, 4.69) is 27.1 Å². The lowest BCUT2D eigenvalue weighted by Gasteiger charge is -2.07. The lowest BCUT2D eigenvalue weighted by molar-refractivity contribution is 0.687. The van der Waals surface area contributed by atoms with Crippen LogP contribution in [-0.2, 0) is 12.3 Å². The Balaban J connectivity index is 1.61. The number of rotatable bonds is 5. The topological polar surface area (TPSA) is 78.0 Å². The summed E-state index contributed by atoms with van der Waals surface area (Å²) in [6.07, 6.45) is 5.20. The average Bonchev–Trinajstić information content (AvgIpc) is 3.10. The molecular weight excluding hydrogens is 348 g/mol. The van der Waals surface area contributed by atoms with E-state index in [0.717, 1.165) is 28.8 Å². The second kappa shape index (κ2) is 7.09. The molecule has 0 aromatic carbocycles. The third-order valence-corrected chi connectivity index (χ3v) is 4.95. The summed E-state index contributed by atoms with van der Waals surface area (Å²) in [5.41, 5.74) is 2.26. The van der Waals surface area contributed by atoms with Crippen molar-refractivity contribution in [1.82, 2.24) is 29.1 Å². The van der Waals surface area contributed by atoms with Gasteiger partial charge in [-0.05, 0) is 31.2 Å². The first-order valence-electron chi connectivity index (χ1n) is 8.20. The highest BCUT2D eigenvalue weighted by molar-refractivity contribution is 7.98. The quantitative estimate of drug-likeness (QED) is 0.507. The minimum absolute atomic E-state index is 0.0827. The molecule has 0 bridgehead atoms. The summed E-state index contributed by atoms with van der Waals surface area (Å²) in [5.74, 6) is 1.36. The van der Waals surface area contributed by atoms with Crippen molar-refractivity contribution in [3.63, 3.8) is 0 Å². The molecule has 0 aliphatic heterocycles. The molecule has 26 heavy (non-hydrogen) atoms. The molecule has 4 aromatic rings. The zero-order chi connectivity index (χ0) is 17.9. The van der Waals surface area contributed by atoms with E-state index in [-0.39, 0.29) is 5.56 Å². The van der Waals surface area contributed by atoms with Gasteiger partial charge in [-0.1, -0.05) is 17.8 Å². The van der Waals surface area contributed by atoms with Gasteiger partial charge in [-0.25, -0.2) is 4.98 Å². The Morgan fingerprint density at radius 1 is 1.12 bits per heavy atom. The summed E-state index contributed by atoms with van der Waals surface area (Å²) in [5, 5.41) is 9.42. The first-order valence-corrected chi connectivity index (χ1v) is 9.18. The van der Waals surface area contributed by atoms with Gasteiger partial charge in [0.1, 0.15) is 5.65 Å². The van der Waals surface area contributed by atoms with Crippen molar-refractivity contribution in [3.05, 3.63) is 71.0 Å². The third kappa shape index (κ3) is 3.11. The van der Waals surface area contributed by atoms with Gasteiger partial charge in [0.2, 0.25) is 0 Å². The first kappa shape index (κ1) is 16.5. The van der Waals surface area contributed by atoms with Crippen LogP contribution in [0.25, 0.3) is 17.0 Å². The fourth-order valence-corrected chi connectivity index (χ4v) is 3.61. The second-order valence-corrected chi connectivity index (χ2v) is 6.53. The molecule has 0 fully saturated rings. The molecule has 4 aromatic heterocycles. The summed E-state index contributed by atoms with van der Waals surface area (Å²) in [6.45, 7) is 2.81. The van der Waals surface area contributed by atoms with E-state index >= 15 is 0 Å². The maximum Gasteiger partial charge on any atom is 0.258 e. The van der Waals surface area contributed by atoms with Gasteiger partial charge in [-0.2, -0.15) is 0 Å². The van der Waals surface area contributed by atoms with Crippen molar-refractivity contribution in [2.45, 2.75) is 24.4 Å². The largest absolute Gasteiger partial charge is 0.302 e. The van der Waals surface area contributed by atoms with E-state index < -0.39 is 0 Å². The highest BCUT2D eigenvalue weighted by atomic mass is 32.2. The van der Waals surface area contributed by atoms with Crippen molar-refractivity contribution in [1.29, 1.82) is 0 Å². The number of fused-ring (bicyclic) bond motifs is 1. The van der Waals surface area contributed by atoms with E-state index in [0.29, 0.717) is 11.4 Å². The molecule has 0 amide bonds. The summed E-state index contributed by atoms with van der Waals surface area (Å²) in [4.78, 5) is 20.8. The molecule has 0 atom stereocenters. The molecule has 0 radical (unpaired) electrons. The molecule has 0 N–H and O–H groups in total. The lowest BCUT2D eigenvalue weighted by Crippen LogP contribution is -2.14. The van der Waals surface area contributed by atoms with Crippen LogP contribution in [0.1, 0.15) is 12.6 Å². The molecule has 8 heteroatoms. The molecular formula is C18H16N6OS. The predicted octanol–water partition coefficient (Wildman–Crippen LogP) is 2.66. The average molecular weight is 364 g/mol. The fourth-order valence-electron chi connectivity index (χ4n) is 2.71. The summed E-state index contributed by atoms with van der Waals surface area (Å²) in [6, 6.07) is 10.9. The van der Waals surface area contributed by atoms with Crippen LogP contribution in [0.15, 0.2) is 64.9 Å². The Kier molecular flexibility index (Phi) is 4.49. The molecule has 0 aliphatic carbocycles. The number of hydrogen-bond acceptors (Lipinski definition) is 6. The number of nitrogens with zero attached hydrogens (tertiary/aromatic N) is 6. The van der Waals surface area contributed by atoms with Gasteiger partial charge in [0.05, 0.1) is 5.69 Å². The highest BCUT2D eigenvalue weighted by Crippen LogP contribution is 2.25. The summed E-state index contributed by atoms with van der Waals surface area (Å²) in [7, 11) is 0. The number of aromatic nitrogens is 6. The molecule has 0 unspecified atom stereocenters. The zero-order valence-electron chi connectivity index (χ0n) is 14.1. The molecule has 7 nitrogen and oxygen atoms in total. The Labute approximate surface area is 153 Å². The van der Waals surface area contributed by atoms with Gasteiger partial charge < -0.3 is 4.57 Å². The van der Waals surface area contributed by atoms with Crippen molar-refractivity contribution < 1.29 is 0 Å². The Hall–Kier alpha value is -3.00. The molecule has 0 saturated heterocycles. The Bertz CT molecular complexity index is 1110. The van der Waals surface area contributed by atoms with Crippen molar-refractivity contribution in [2.75, 3.05) is 0 Å². The molecule has 0 aliphatic rings. The van der Waals surface area contributed by atoms with Gasteiger partial charge in [0, 0.05) is 42.5 Å². The highest BCUT2D eigenvalue weighted by Gasteiger charge is 2.13. The third-order valence-electron chi connectivity index (χ3n) is 3.94. The monoisotopic (exact) mass is 364 g/mol.